The largest absolute Gasteiger partial charge is 0.492 e. The Morgan fingerprint density at radius 1 is 1.39 bits per heavy atom. The maximum Gasteiger partial charge on any atom is 0.225 e. The fourth-order valence-corrected chi connectivity index (χ4v) is 1.31. The van der Waals surface area contributed by atoms with Gasteiger partial charge in [0.25, 0.3) is 0 Å². The third-order valence-electron chi connectivity index (χ3n) is 2.09. The number of ether oxygens (including phenoxy) is 1. The minimum atomic E-state index is -0.851. The highest BCUT2D eigenvalue weighted by Crippen LogP contribution is 2.28. The average molecular weight is 281 g/mol. The van der Waals surface area contributed by atoms with Gasteiger partial charge in [-0.05, 0) is 7.05 Å². The Morgan fingerprint density at radius 3 is 2.61 bits per heavy atom. The van der Waals surface area contributed by atoms with Gasteiger partial charge in [0, 0.05) is 25.1 Å². The summed E-state index contributed by atoms with van der Waals surface area (Å²) in [6.07, 6.45) is 0.206. The third kappa shape index (κ3) is 4.46. The summed E-state index contributed by atoms with van der Waals surface area (Å²) in [6.45, 7) is 0.478. The van der Waals surface area contributed by atoms with Crippen LogP contribution in [0, 0.1) is 11.6 Å². The molecule has 0 aliphatic rings. The van der Waals surface area contributed by atoms with Crippen LogP contribution in [0.1, 0.15) is 6.42 Å². The van der Waals surface area contributed by atoms with E-state index in [0.717, 1.165) is 6.07 Å². The van der Waals surface area contributed by atoms with Gasteiger partial charge in [-0.2, -0.15) is 0 Å². The predicted molar refractivity (Wildman–Crippen MR) is 67.3 cm³/mol. The Bertz CT molecular complexity index is 416. The molecule has 0 aliphatic heterocycles. The Hall–Kier alpha value is -1.40. The van der Waals surface area contributed by atoms with E-state index in [1.165, 1.54) is 7.11 Å². The molecule has 0 radical (unpaired) electrons. The number of halogens is 3. The topological polar surface area (TPSA) is 50.4 Å². The second kappa shape index (κ2) is 7.84. The van der Waals surface area contributed by atoms with Crippen LogP contribution < -0.4 is 15.4 Å². The zero-order chi connectivity index (χ0) is 12.8. The zero-order valence-electron chi connectivity index (χ0n) is 10.0. The number of carbonyl (C=O) groups is 1. The lowest BCUT2D eigenvalue weighted by atomic mass is 10.2. The first-order chi connectivity index (χ1) is 8.08. The van der Waals surface area contributed by atoms with Gasteiger partial charge < -0.3 is 15.4 Å². The summed E-state index contributed by atoms with van der Waals surface area (Å²) < 4.78 is 31.0. The quantitative estimate of drug-likeness (QED) is 0.867. The number of anilines is 1. The van der Waals surface area contributed by atoms with E-state index in [1.807, 2.05) is 0 Å². The molecule has 0 fully saturated rings. The van der Waals surface area contributed by atoms with Crippen molar-refractivity contribution in [2.75, 3.05) is 26.0 Å². The molecule has 0 spiro atoms. The molecule has 1 aromatic carbocycles. The van der Waals surface area contributed by atoms with Gasteiger partial charge in [0.05, 0.1) is 12.8 Å². The van der Waals surface area contributed by atoms with Gasteiger partial charge in [-0.25, -0.2) is 8.78 Å². The molecule has 1 aromatic rings. The maximum atomic E-state index is 13.3. The van der Waals surface area contributed by atoms with Gasteiger partial charge in [-0.3, -0.25) is 4.79 Å². The number of amides is 1. The molecular weight excluding hydrogens is 266 g/mol. The van der Waals surface area contributed by atoms with Crippen molar-refractivity contribution in [2.24, 2.45) is 0 Å². The molecule has 102 valence electrons. The SMILES string of the molecule is CNCCC(=O)Nc1cc(F)cc(F)c1OC.Cl. The third-order valence-corrected chi connectivity index (χ3v) is 2.09. The van der Waals surface area contributed by atoms with Crippen LogP contribution in [-0.4, -0.2) is 26.6 Å². The Labute approximate surface area is 110 Å². The predicted octanol–water partition coefficient (Wildman–Crippen LogP) is 1.94. The molecule has 7 heteroatoms. The zero-order valence-corrected chi connectivity index (χ0v) is 10.9. The molecule has 0 aromatic heterocycles. The molecule has 1 amide bonds. The van der Waals surface area contributed by atoms with E-state index in [-0.39, 0.29) is 36.2 Å². The van der Waals surface area contributed by atoms with Crippen LogP contribution in [-0.2, 0) is 4.79 Å². The van der Waals surface area contributed by atoms with E-state index in [0.29, 0.717) is 12.6 Å². The van der Waals surface area contributed by atoms with Gasteiger partial charge in [0.15, 0.2) is 11.6 Å². The van der Waals surface area contributed by atoms with Crippen molar-refractivity contribution in [3.8, 4) is 5.75 Å². The second-order valence-corrected chi connectivity index (χ2v) is 3.37. The highest BCUT2D eigenvalue weighted by molar-refractivity contribution is 5.92. The standard InChI is InChI=1S/C11H14F2N2O2.ClH/c1-14-4-3-10(16)15-9-6-7(12)5-8(13)11(9)17-2;/h5-6,14H,3-4H2,1-2H3,(H,15,16);1H. The van der Waals surface area contributed by atoms with Gasteiger partial charge in [-0.1, -0.05) is 0 Å². The smallest absolute Gasteiger partial charge is 0.225 e. The number of methoxy groups -OCH3 is 1. The van der Waals surface area contributed by atoms with E-state index < -0.39 is 11.6 Å². The summed E-state index contributed by atoms with van der Waals surface area (Å²) in [5, 5.41) is 5.19. The van der Waals surface area contributed by atoms with Crippen LogP contribution in [0.15, 0.2) is 12.1 Å². The molecule has 0 saturated carbocycles. The minimum Gasteiger partial charge on any atom is -0.492 e. The molecule has 4 nitrogen and oxygen atoms in total. The lowest BCUT2D eigenvalue weighted by Crippen LogP contribution is -2.19. The minimum absolute atomic E-state index is 0. The molecule has 0 bridgehead atoms. The van der Waals surface area contributed by atoms with E-state index in [1.54, 1.807) is 7.05 Å². The Morgan fingerprint density at radius 2 is 2.06 bits per heavy atom. The van der Waals surface area contributed by atoms with E-state index >= 15 is 0 Å². The number of rotatable bonds is 5. The molecule has 2 N–H and O–H groups in total. The van der Waals surface area contributed by atoms with Gasteiger partial charge in [0.2, 0.25) is 5.91 Å². The van der Waals surface area contributed by atoms with Crippen LogP contribution >= 0.6 is 12.4 Å². The molecule has 0 atom stereocenters. The maximum absolute atomic E-state index is 13.3. The monoisotopic (exact) mass is 280 g/mol. The molecule has 1 rings (SSSR count). The lowest BCUT2D eigenvalue weighted by molar-refractivity contribution is -0.116. The number of nitrogens with one attached hydrogen (secondary N) is 2. The normalized spacial score (nSPS) is 9.56. The van der Waals surface area contributed by atoms with E-state index in [2.05, 4.69) is 10.6 Å². The molecule has 0 heterocycles. The van der Waals surface area contributed by atoms with Crippen molar-refractivity contribution < 1.29 is 18.3 Å². The first kappa shape index (κ1) is 16.6. The molecule has 18 heavy (non-hydrogen) atoms. The summed E-state index contributed by atoms with van der Waals surface area (Å²) in [7, 11) is 2.95. The number of benzene rings is 1. The van der Waals surface area contributed by atoms with Crippen molar-refractivity contribution in [2.45, 2.75) is 6.42 Å². The van der Waals surface area contributed by atoms with Crippen LogP contribution in [0.3, 0.4) is 0 Å². The van der Waals surface area contributed by atoms with Crippen LogP contribution in [0.25, 0.3) is 0 Å². The van der Waals surface area contributed by atoms with Gasteiger partial charge in [0.1, 0.15) is 5.82 Å². The molecule has 0 saturated heterocycles. The van der Waals surface area contributed by atoms with Crippen molar-refractivity contribution in [1.82, 2.24) is 5.32 Å². The second-order valence-electron chi connectivity index (χ2n) is 3.37. The van der Waals surface area contributed by atoms with E-state index in [4.69, 9.17) is 4.74 Å². The number of hydrogen-bond acceptors (Lipinski definition) is 3. The summed E-state index contributed by atoms with van der Waals surface area (Å²) in [4.78, 5) is 11.4. The molecular formula is C11H15ClF2N2O2. The summed E-state index contributed by atoms with van der Waals surface area (Å²) >= 11 is 0. The van der Waals surface area contributed by atoms with Gasteiger partial charge in [-0.15, -0.1) is 12.4 Å². The first-order valence-corrected chi connectivity index (χ1v) is 5.06. The summed E-state index contributed by atoms with van der Waals surface area (Å²) in [5.41, 5.74) is -0.00824. The van der Waals surface area contributed by atoms with Crippen molar-refractivity contribution in [3.63, 3.8) is 0 Å². The molecule has 0 unspecified atom stereocenters. The summed E-state index contributed by atoms with van der Waals surface area (Å²) in [5.74, 6) is -2.14. The van der Waals surface area contributed by atoms with Crippen LogP contribution in [0.4, 0.5) is 14.5 Å². The van der Waals surface area contributed by atoms with Crippen LogP contribution in [0.5, 0.6) is 5.75 Å². The fourth-order valence-electron chi connectivity index (χ4n) is 1.31. The molecule has 0 aliphatic carbocycles. The van der Waals surface area contributed by atoms with Crippen molar-refractivity contribution in [1.29, 1.82) is 0 Å². The first-order valence-electron chi connectivity index (χ1n) is 5.06. The summed E-state index contributed by atoms with van der Waals surface area (Å²) in [6, 6.07) is 1.71. The van der Waals surface area contributed by atoms with E-state index in [9.17, 15) is 13.6 Å². The highest BCUT2D eigenvalue weighted by Gasteiger charge is 2.13. The van der Waals surface area contributed by atoms with Crippen LogP contribution in [0.2, 0.25) is 0 Å². The fraction of sp³-hybridized carbons (Fsp3) is 0.364. The van der Waals surface area contributed by atoms with Crippen molar-refractivity contribution in [3.05, 3.63) is 23.8 Å². The lowest BCUT2D eigenvalue weighted by Gasteiger charge is -2.11. The van der Waals surface area contributed by atoms with Crippen molar-refractivity contribution >= 4 is 24.0 Å². The van der Waals surface area contributed by atoms with Gasteiger partial charge >= 0.3 is 0 Å². The number of carbonyl (C=O) groups excluding carboxylic acids is 1. The Balaban J connectivity index is 0.00000289. The number of hydrogen-bond donors (Lipinski definition) is 2. The highest BCUT2D eigenvalue weighted by atomic mass is 35.5. The average Bonchev–Trinajstić information content (AvgIpc) is 2.25. The Kier molecular flexibility index (Phi) is 7.23.